The van der Waals surface area contributed by atoms with Crippen LogP contribution in [0.15, 0.2) is 15.9 Å². The number of carbonyl (C=O) groups is 2. The van der Waals surface area contributed by atoms with Crippen LogP contribution in [-0.4, -0.2) is 11.6 Å². The second-order valence-electron chi connectivity index (χ2n) is 3.82. The molecule has 0 aromatic carbocycles. The van der Waals surface area contributed by atoms with Crippen molar-refractivity contribution in [3.05, 3.63) is 20.8 Å². The number of ketones is 2. The molecule has 0 bridgehead atoms. The van der Waals surface area contributed by atoms with Gasteiger partial charge in [0.2, 0.25) is 0 Å². The molecule has 1 aliphatic rings. The van der Waals surface area contributed by atoms with Crippen molar-refractivity contribution in [2.24, 2.45) is 5.92 Å². The monoisotopic (exact) mass is 286 g/mol. The Labute approximate surface area is 101 Å². The predicted octanol–water partition coefficient (Wildman–Crippen LogP) is 3.45. The molecule has 80 valence electrons. The Bertz CT molecular complexity index is 393. The fourth-order valence-corrected chi connectivity index (χ4v) is 2.95. The molecule has 4 heteroatoms. The predicted molar refractivity (Wildman–Crippen MR) is 63.3 cm³/mol. The van der Waals surface area contributed by atoms with Gasteiger partial charge in [-0.05, 0) is 34.8 Å². The van der Waals surface area contributed by atoms with E-state index in [2.05, 4.69) is 15.9 Å². The maximum atomic E-state index is 11.7. The van der Waals surface area contributed by atoms with Gasteiger partial charge in [-0.2, -0.15) is 0 Å². The van der Waals surface area contributed by atoms with E-state index in [9.17, 15) is 9.59 Å². The van der Waals surface area contributed by atoms with Crippen molar-refractivity contribution in [1.29, 1.82) is 0 Å². The summed E-state index contributed by atoms with van der Waals surface area (Å²) in [6.45, 7) is 0. The molecule has 0 radical (unpaired) electrons. The van der Waals surface area contributed by atoms with Gasteiger partial charge in [-0.15, -0.1) is 11.3 Å². The number of hydrogen-bond acceptors (Lipinski definition) is 3. The Morgan fingerprint density at radius 3 is 2.67 bits per heavy atom. The van der Waals surface area contributed by atoms with E-state index in [1.807, 2.05) is 5.38 Å². The highest BCUT2D eigenvalue weighted by Gasteiger charge is 2.27. The molecule has 1 aromatic heterocycles. The first-order chi connectivity index (χ1) is 7.16. The molecular formula is C11H11BrO2S. The summed E-state index contributed by atoms with van der Waals surface area (Å²) in [4.78, 5) is 23.9. The molecule has 0 spiro atoms. The summed E-state index contributed by atoms with van der Waals surface area (Å²) in [6, 6.07) is 1.78. The van der Waals surface area contributed by atoms with E-state index in [0.29, 0.717) is 4.88 Å². The maximum absolute atomic E-state index is 11.7. The molecule has 2 rings (SSSR count). The zero-order chi connectivity index (χ0) is 10.8. The Morgan fingerprint density at radius 1 is 1.47 bits per heavy atom. The molecule has 0 amide bonds. The molecule has 1 fully saturated rings. The van der Waals surface area contributed by atoms with Crippen molar-refractivity contribution < 1.29 is 9.59 Å². The van der Waals surface area contributed by atoms with E-state index in [-0.39, 0.29) is 23.9 Å². The van der Waals surface area contributed by atoms with E-state index in [1.165, 1.54) is 11.3 Å². The highest BCUT2D eigenvalue weighted by Crippen LogP contribution is 2.29. The minimum Gasteiger partial charge on any atom is -0.299 e. The molecule has 0 aliphatic heterocycles. The van der Waals surface area contributed by atoms with Crippen molar-refractivity contribution in [3.63, 3.8) is 0 Å². The van der Waals surface area contributed by atoms with Gasteiger partial charge in [0.1, 0.15) is 5.78 Å². The van der Waals surface area contributed by atoms with Gasteiger partial charge in [-0.3, -0.25) is 9.59 Å². The van der Waals surface area contributed by atoms with Crippen molar-refractivity contribution >= 4 is 38.8 Å². The zero-order valence-corrected chi connectivity index (χ0v) is 10.6. The third-order valence-corrected chi connectivity index (χ3v) is 4.47. The van der Waals surface area contributed by atoms with Gasteiger partial charge < -0.3 is 0 Å². The maximum Gasteiger partial charge on any atom is 0.180 e. The van der Waals surface area contributed by atoms with Crippen molar-refractivity contribution in [3.8, 4) is 0 Å². The summed E-state index contributed by atoms with van der Waals surface area (Å²) in [5.74, 6) is 0.246. The number of Topliss-reactive ketones (excluding diaryl/α,β-unsaturated/α-hetero) is 2. The van der Waals surface area contributed by atoms with Crippen molar-refractivity contribution in [1.82, 2.24) is 0 Å². The molecule has 2 nitrogen and oxygen atoms in total. The smallest absolute Gasteiger partial charge is 0.180 e. The Balaban J connectivity index is 1.94. The first-order valence-corrected chi connectivity index (χ1v) is 6.64. The van der Waals surface area contributed by atoms with Crippen LogP contribution in [0, 0.1) is 5.92 Å². The van der Waals surface area contributed by atoms with Crippen LogP contribution in [0.4, 0.5) is 0 Å². The third kappa shape index (κ3) is 2.55. The van der Waals surface area contributed by atoms with E-state index < -0.39 is 0 Å². The molecule has 1 aliphatic carbocycles. The van der Waals surface area contributed by atoms with Gasteiger partial charge in [-0.25, -0.2) is 0 Å². The van der Waals surface area contributed by atoms with E-state index in [4.69, 9.17) is 0 Å². The summed E-state index contributed by atoms with van der Waals surface area (Å²) in [6.07, 6.45) is 3.16. The quantitative estimate of drug-likeness (QED) is 0.628. The van der Waals surface area contributed by atoms with Crippen LogP contribution in [0.2, 0.25) is 0 Å². The molecule has 1 saturated carbocycles. The Morgan fingerprint density at radius 2 is 2.20 bits per heavy atom. The summed E-state index contributed by atoms with van der Waals surface area (Å²) in [5, 5.41) is 1.86. The first kappa shape index (κ1) is 11.0. The topological polar surface area (TPSA) is 34.1 Å². The minimum atomic E-state index is -0.0393. The molecule has 0 N–H and O–H groups in total. The van der Waals surface area contributed by atoms with Crippen LogP contribution in [0.5, 0.6) is 0 Å². The summed E-state index contributed by atoms with van der Waals surface area (Å²) in [7, 11) is 0. The van der Waals surface area contributed by atoms with Crippen LogP contribution in [0.25, 0.3) is 0 Å². The number of rotatable bonds is 4. The molecule has 1 heterocycles. The largest absolute Gasteiger partial charge is 0.299 e. The van der Waals surface area contributed by atoms with Crippen molar-refractivity contribution in [2.45, 2.75) is 25.7 Å². The minimum absolute atomic E-state index is 0.0393. The highest BCUT2D eigenvalue weighted by atomic mass is 79.9. The number of hydrogen-bond donors (Lipinski definition) is 0. The fourth-order valence-electron chi connectivity index (χ4n) is 1.58. The van der Waals surface area contributed by atoms with Gasteiger partial charge in [0.25, 0.3) is 0 Å². The zero-order valence-electron chi connectivity index (χ0n) is 8.16. The average Bonchev–Trinajstić information content (AvgIpc) is 2.48. The fraction of sp³-hybridized carbons (Fsp3) is 0.455. The normalized spacial score (nSPS) is 16.1. The van der Waals surface area contributed by atoms with Gasteiger partial charge in [0.05, 0.1) is 11.3 Å². The van der Waals surface area contributed by atoms with Crippen LogP contribution < -0.4 is 0 Å². The summed E-state index contributed by atoms with van der Waals surface area (Å²) < 4.78 is 0.909. The number of halogens is 1. The SMILES string of the molecule is O=C(CC(=O)C1CCC1)c1cc(Br)cs1. The lowest BCUT2D eigenvalue weighted by Crippen LogP contribution is -2.23. The molecule has 0 saturated heterocycles. The molecule has 0 atom stereocenters. The molecular weight excluding hydrogens is 276 g/mol. The Kier molecular flexibility index (Phi) is 3.36. The Hall–Kier alpha value is -0.480. The van der Waals surface area contributed by atoms with Gasteiger partial charge in [0.15, 0.2) is 5.78 Å². The van der Waals surface area contributed by atoms with Crippen LogP contribution in [-0.2, 0) is 4.79 Å². The van der Waals surface area contributed by atoms with Gasteiger partial charge >= 0.3 is 0 Å². The second kappa shape index (κ2) is 4.58. The van der Waals surface area contributed by atoms with Crippen LogP contribution in [0.1, 0.15) is 35.4 Å². The lowest BCUT2D eigenvalue weighted by Gasteiger charge is -2.23. The summed E-state index contributed by atoms with van der Waals surface area (Å²) >= 11 is 4.68. The number of carbonyl (C=O) groups excluding carboxylic acids is 2. The van der Waals surface area contributed by atoms with E-state index in [1.54, 1.807) is 6.07 Å². The number of thiophene rings is 1. The van der Waals surface area contributed by atoms with E-state index in [0.717, 1.165) is 23.7 Å². The standard InChI is InChI=1S/C11H11BrO2S/c12-8-4-11(15-6-8)10(14)5-9(13)7-2-1-3-7/h4,6-7H,1-3,5H2. The van der Waals surface area contributed by atoms with Crippen molar-refractivity contribution in [2.75, 3.05) is 0 Å². The lowest BCUT2D eigenvalue weighted by molar-refractivity contribution is -0.124. The molecule has 15 heavy (non-hydrogen) atoms. The summed E-state index contributed by atoms with van der Waals surface area (Å²) in [5.41, 5.74) is 0. The van der Waals surface area contributed by atoms with Crippen LogP contribution >= 0.6 is 27.3 Å². The van der Waals surface area contributed by atoms with Gasteiger partial charge in [-0.1, -0.05) is 6.42 Å². The lowest BCUT2D eigenvalue weighted by atomic mass is 9.80. The second-order valence-corrected chi connectivity index (χ2v) is 5.65. The highest BCUT2D eigenvalue weighted by molar-refractivity contribution is 9.10. The van der Waals surface area contributed by atoms with Gasteiger partial charge in [0, 0.05) is 15.8 Å². The molecule has 0 unspecified atom stereocenters. The van der Waals surface area contributed by atoms with Crippen LogP contribution in [0.3, 0.4) is 0 Å². The third-order valence-electron chi connectivity index (χ3n) is 2.74. The first-order valence-electron chi connectivity index (χ1n) is 4.97. The average molecular weight is 287 g/mol. The molecule has 1 aromatic rings. The van der Waals surface area contributed by atoms with E-state index >= 15 is 0 Å².